The van der Waals surface area contributed by atoms with E-state index >= 15 is 0 Å². The fourth-order valence-electron chi connectivity index (χ4n) is 1.33. The summed E-state index contributed by atoms with van der Waals surface area (Å²) in [5, 5.41) is 0. The van der Waals surface area contributed by atoms with E-state index in [1.807, 2.05) is 0 Å². The van der Waals surface area contributed by atoms with Crippen LogP contribution in [0.2, 0.25) is 0 Å². The van der Waals surface area contributed by atoms with Gasteiger partial charge >= 0.3 is 16.1 Å². The van der Waals surface area contributed by atoms with Gasteiger partial charge in [0.05, 0.1) is 5.56 Å². The monoisotopic (exact) mass is 237 g/mol. The molecule has 0 fully saturated rings. The molecule has 15 heavy (non-hydrogen) atoms. The summed E-state index contributed by atoms with van der Waals surface area (Å²) in [4.78, 5) is 11.1. The Hall–Kier alpha value is -0.400. The van der Waals surface area contributed by atoms with Crippen molar-refractivity contribution in [1.29, 1.82) is 0 Å². The first-order valence-electron chi connectivity index (χ1n) is 3.76. The zero-order chi connectivity index (χ0) is 10.3. The third-order valence-electron chi connectivity index (χ3n) is 1.92. The third-order valence-corrected chi connectivity index (χ3v) is 2.81. The first kappa shape index (κ1) is 12.7. The Morgan fingerprint density at radius 3 is 2.47 bits per heavy atom. The first-order valence-corrected chi connectivity index (χ1v) is 5.26. The molecule has 1 N–H and O–H groups in total. The minimum atomic E-state index is -4.39. The van der Waals surface area contributed by atoms with Gasteiger partial charge in [0.2, 0.25) is 0 Å². The van der Waals surface area contributed by atoms with E-state index in [1.165, 1.54) is 12.1 Å². The fourth-order valence-corrected chi connectivity index (χ4v) is 2.07. The Kier molecular flexibility index (Phi) is 3.57. The summed E-state index contributed by atoms with van der Waals surface area (Å²) >= 11 is 0. The van der Waals surface area contributed by atoms with Gasteiger partial charge in [-0.15, -0.1) is 0 Å². The molecule has 0 aromatic heterocycles. The average Bonchev–Trinajstić information content (AvgIpc) is 2.44. The van der Waals surface area contributed by atoms with Crippen LogP contribution in [0.25, 0.3) is 0 Å². The van der Waals surface area contributed by atoms with Crippen molar-refractivity contribution < 1.29 is 22.5 Å². The summed E-state index contributed by atoms with van der Waals surface area (Å²) in [7, 11) is -4.39. The number of fused-ring (bicyclic) bond motifs is 1. The molecule has 75 valence electrons. The van der Waals surface area contributed by atoms with Crippen LogP contribution in [0, 0.1) is 0 Å². The number of benzene rings is 1. The van der Waals surface area contributed by atoms with Crippen LogP contribution in [0.1, 0.15) is 21.4 Å². The molecular formula is C8H6NaO5S. The van der Waals surface area contributed by atoms with Gasteiger partial charge in [0.15, 0.2) is 0 Å². The largest absolute Gasteiger partial charge is 0.435 e. The summed E-state index contributed by atoms with van der Waals surface area (Å²) < 4.78 is 34.9. The van der Waals surface area contributed by atoms with Crippen molar-refractivity contribution in [3.63, 3.8) is 0 Å². The van der Waals surface area contributed by atoms with Gasteiger partial charge in [-0.05, 0) is 6.07 Å². The van der Waals surface area contributed by atoms with Crippen molar-refractivity contribution in [2.24, 2.45) is 0 Å². The number of esters is 1. The van der Waals surface area contributed by atoms with Gasteiger partial charge < -0.3 is 4.74 Å². The van der Waals surface area contributed by atoms with Crippen LogP contribution in [0.15, 0.2) is 24.3 Å². The van der Waals surface area contributed by atoms with E-state index in [1.54, 1.807) is 12.1 Å². The molecule has 1 aromatic carbocycles. The molecule has 0 bridgehead atoms. The van der Waals surface area contributed by atoms with Crippen LogP contribution in [0.3, 0.4) is 0 Å². The summed E-state index contributed by atoms with van der Waals surface area (Å²) in [6.45, 7) is 0. The molecule has 2 rings (SSSR count). The van der Waals surface area contributed by atoms with Crippen molar-refractivity contribution >= 4 is 45.6 Å². The predicted molar refractivity (Wildman–Crippen MR) is 51.9 cm³/mol. The Bertz CT molecular complexity index is 496. The van der Waals surface area contributed by atoms with Crippen molar-refractivity contribution in [1.82, 2.24) is 0 Å². The molecular weight excluding hydrogens is 231 g/mol. The van der Waals surface area contributed by atoms with E-state index in [0.29, 0.717) is 0 Å². The van der Waals surface area contributed by atoms with Gasteiger partial charge in [0.1, 0.15) is 0 Å². The summed E-state index contributed by atoms with van der Waals surface area (Å²) in [5.74, 6) is -0.733. The summed E-state index contributed by atoms with van der Waals surface area (Å²) in [5.41, 5.74) is -1.22. The van der Waals surface area contributed by atoms with Crippen LogP contribution >= 0.6 is 0 Å². The number of rotatable bonds is 1. The predicted octanol–water partition coefficient (Wildman–Crippen LogP) is 0.363. The molecule has 1 aliphatic heterocycles. The van der Waals surface area contributed by atoms with Gasteiger partial charge in [0, 0.05) is 35.1 Å². The van der Waals surface area contributed by atoms with Crippen LogP contribution in [0.5, 0.6) is 0 Å². The maximum Gasteiger partial charge on any atom is 0.340 e. The van der Waals surface area contributed by atoms with Gasteiger partial charge in [-0.1, -0.05) is 18.2 Å². The summed E-state index contributed by atoms with van der Waals surface area (Å²) in [6, 6.07) is 6.03. The molecule has 5 nitrogen and oxygen atoms in total. The minimum Gasteiger partial charge on any atom is -0.435 e. The Balaban J connectivity index is 0.00000112. The van der Waals surface area contributed by atoms with Crippen LogP contribution in [-0.2, 0) is 14.9 Å². The number of carbonyl (C=O) groups is 1. The molecule has 1 aliphatic rings. The van der Waals surface area contributed by atoms with Gasteiger partial charge in [-0.2, -0.15) is 8.42 Å². The standard InChI is InChI=1S/C8H6O5S.Na/c9-7-5-3-1-2-4-6(5)8(13-7)14(10,11)12;/h1-4,8H,(H,10,11,12);. The number of hydrogen-bond acceptors (Lipinski definition) is 4. The Morgan fingerprint density at radius 2 is 1.87 bits per heavy atom. The maximum absolute atomic E-state index is 11.1. The first-order chi connectivity index (χ1) is 6.50. The maximum atomic E-state index is 11.1. The third kappa shape index (κ3) is 2.24. The fraction of sp³-hybridized carbons (Fsp3) is 0.125. The molecule has 0 amide bonds. The van der Waals surface area contributed by atoms with Crippen LogP contribution in [-0.4, -0.2) is 48.5 Å². The second kappa shape index (κ2) is 4.23. The Labute approximate surface area is 108 Å². The molecule has 1 radical (unpaired) electrons. The van der Waals surface area contributed by atoms with E-state index in [4.69, 9.17) is 4.55 Å². The van der Waals surface area contributed by atoms with Crippen LogP contribution in [0.4, 0.5) is 0 Å². The molecule has 0 spiro atoms. The molecule has 1 heterocycles. The minimum absolute atomic E-state index is 0. The van der Waals surface area contributed by atoms with E-state index < -0.39 is 21.5 Å². The molecule has 0 saturated carbocycles. The van der Waals surface area contributed by atoms with E-state index in [-0.39, 0.29) is 40.7 Å². The van der Waals surface area contributed by atoms with Gasteiger partial charge in [-0.25, -0.2) is 4.79 Å². The molecule has 1 aromatic rings. The number of cyclic esters (lactones) is 1. The SMILES string of the molecule is O=C1OC(S(=O)(=O)O)c2ccccc21.[Na]. The number of carbonyl (C=O) groups excluding carboxylic acids is 1. The quantitative estimate of drug-likeness (QED) is 0.433. The van der Waals surface area contributed by atoms with E-state index in [2.05, 4.69) is 4.74 Å². The second-order valence-corrected chi connectivity index (χ2v) is 4.30. The van der Waals surface area contributed by atoms with Crippen molar-refractivity contribution in [2.75, 3.05) is 0 Å². The van der Waals surface area contributed by atoms with Crippen LogP contribution < -0.4 is 0 Å². The average molecular weight is 237 g/mol. The van der Waals surface area contributed by atoms with E-state index in [9.17, 15) is 13.2 Å². The van der Waals surface area contributed by atoms with Crippen molar-refractivity contribution in [3.8, 4) is 0 Å². The van der Waals surface area contributed by atoms with Crippen molar-refractivity contribution in [2.45, 2.75) is 5.44 Å². The normalized spacial score (nSPS) is 19.0. The van der Waals surface area contributed by atoms with Gasteiger partial charge in [0.25, 0.3) is 5.44 Å². The zero-order valence-electron chi connectivity index (χ0n) is 7.88. The molecule has 1 atom stereocenters. The smallest absolute Gasteiger partial charge is 0.340 e. The molecule has 0 aliphatic carbocycles. The second-order valence-electron chi connectivity index (χ2n) is 2.84. The van der Waals surface area contributed by atoms with Gasteiger partial charge in [-0.3, -0.25) is 4.55 Å². The topological polar surface area (TPSA) is 80.7 Å². The van der Waals surface area contributed by atoms with E-state index in [0.717, 1.165) is 0 Å². The van der Waals surface area contributed by atoms with Crippen molar-refractivity contribution in [3.05, 3.63) is 35.4 Å². The Morgan fingerprint density at radius 1 is 1.27 bits per heavy atom. The number of hydrogen-bond donors (Lipinski definition) is 1. The summed E-state index contributed by atoms with van der Waals surface area (Å²) in [6.07, 6.45) is 0. The molecule has 7 heteroatoms. The number of ether oxygens (including phenoxy) is 1. The molecule has 0 saturated heterocycles. The molecule has 1 unspecified atom stereocenters. The zero-order valence-corrected chi connectivity index (χ0v) is 10.7.